The lowest BCUT2D eigenvalue weighted by Crippen LogP contribution is -2.15. The first-order chi connectivity index (χ1) is 19.1. The van der Waals surface area contributed by atoms with Crippen LogP contribution in [0.2, 0.25) is 0 Å². The zero-order chi connectivity index (χ0) is 26.6. The highest BCUT2D eigenvalue weighted by Crippen LogP contribution is 2.28. The van der Waals surface area contributed by atoms with E-state index in [-0.39, 0.29) is 11.7 Å². The number of aromatic amines is 2. The molecule has 0 radical (unpaired) electrons. The van der Waals surface area contributed by atoms with Gasteiger partial charge in [-0.1, -0.05) is 91.0 Å². The molecule has 9 heteroatoms. The standard InChI is InChI=1S/C30H23N9/c31-25(19-10-4-1-5-11-19)33-26(32)22-16-23(29-34-27(36-38-29)20-12-6-2-7-13-20)18-24(17-22)30-35-28(37-39-30)21-14-8-3-9-15-21/h1-18H,(H3,31,32,33)(H,34,36,38)(H,35,37,39). The maximum absolute atomic E-state index is 8.75. The van der Waals surface area contributed by atoms with Gasteiger partial charge >= 0.3 is 0 Å². The molecule has 0 aliphatic heterocycles. The highest BCUT2D eigenvalue weighted by molar-refractivity contribution is 6.10. The van der Waals surface area contributed by atoms with E-state index in [4.69, 9.17) is 21.1 Å². The molecule has 6 aromatic rings. The molecule has 0 aliphatic rings. The number of nitrogens with two attached hydrogens (primary N) is 1. The Morgan fingerprint density at radius 2 is 1.05 bits per heavy atom. The van der Waals surface area contributed by atoms with Crippen molar-refractivity contribution < 1.29 is 0 Å². The molecule has 4 aromatic carbocycles. The smallest absolute Gasteiger partial charge is 0.181 e. The van der Waals surface area contributed by atoms with Gasteiger partial charge in [-0.2, -0.15) is 10.2 Å². The summed E-state index contributed by atoms with van der Waals surface area (Å²) in [4.78, 5) is 13.8. The summed E-state index contributed by atoms with van der Waals surface area (Å²) in [6.07, 6.45) is 0. The Balaban J connectivity index is 1.42. The lowest BCUT2D eigenvalue weighted by molar-refractivity contribution is 1.10. The van der Waals surface area contributed by atoms with Crippen LogP contribution in [-0.2, 0) is 0 Å². The molecule has 0 bridgehead atoms. The van der Waals surface area contributed by atoms with Crippen LogP contribution >= 0.6 is 0 Å². The Morgan fingerprint density at radius 1 is 0.590 bits per heavy atom. The third-order valence-corrected chi connectivity index (χ3v) is 6.09. The van der Waals surface area contributed by atoms with Crippen molar-refractivity contribution >= 4 is 11.7 Å². The van der Waals surface area contributed by atoms with E-state index in [1.165, 1.54) is 0 Å². The maximum atomic E-state index is 8.75. The minimum atomic E-state index is 0.00468. The first kappa shape index (κ1) is 23.7. The van der Waals surface area contributed by atoms with E-state index in [0.29, 0.717) is 40.0 Å². The molecule has 9 nitrogen and oxygen atoms in total. The third kappa shape index (κ3) is 5.09. The molecule has 0 saturated carbocycles. The van der Waals surface area contributed by atoms with E-state index in [9.17, 15) is 0 Å². The molecule has 6 rings (SSSR count). The average molecular weight is 510 g/mol. The van der Waals surface area contributed by atoms with Crippen molar-refractivity contribution in [2.24, 2.45) is 10.7 Å². The molecular formula is C30H23N9. The molecule has 0 atom stereocenters. The number of rotatable bonds is 6. The first-order valence-corrected chi connectivity index (χ1v) is 12.2. The second kappa shape index (κ2) is 10.3. The zero-order valence-electron chi connectivity index (χ0n) is 20.7. The fourth-order valence-corrected chi connectivity index (χ4v) is 4.11. The van der Waals surface area contributed by atoms with Crippen LogP contribution in [0.25, 0.3) is 45.6 Å². The Morgan fingerprint density at radius 3 is 1.54 bits per heavy atom. The van der Waals surface area contributed by atoms with E-state index in [2.05, 4.69) is 25.4 Å². The van der Waals surface area contributed by atoms with Gasteiger partial charge in [0.25, 0.3) is 0 Å². The number of aromatic nitrogens is 6. The number of amidine groups is 2. The minimum absolute atomic E-state index is 0.00468. The molecule has 0 saturated heterocycles. The van der Waals surface area contributed by atoms with Crippen LogP contribution in [0.1, 0.15) is 11.1 Å². The highest BCUT2D eigenvalue weighted by Gasteiger charge is 2.15. The monoisotopic (exact) mass is 509 g/mol. The first-order valence-electron chi connectivity index (χ1n) is 12.2. The number of hydrogen-bond acceptors (Lipinski definition) is 5. The summed E-state index contributed by atoms with van der Waals surface area (Å²) in [6, 6.07) is 34.4. The predicted octanol–water partition coefficient (Wildman–Crippen LogP) is 5.32. The minimum Gasteiger partial charge on any atom is -0.383 e. The van der Waals surface area contributed by atoms with Gasteiger partial charge in [-0.05, 0) is 18.2 Å². The molecule has 2 aromatic heterocycles. The van der Waals surface area contributed by atoms with Gasteiger partial charge in [0.2, 0.25) is 0 Å². The van der Waals surface area contributed by atoms with Gasteiger partial charge in [0.1, 0.15) is 5.84 Å². The van der Waals surface area contributed by atoms with Crippen LogP contribution in [-0.4, -0.2) is 42.0 Å². The summed E-state index contributed by atoms with van der Waals surface area (Å²) in [6.45, 7) is 0. The number of nitrogens with zero attached hydrogens (tertiary/aromatic N) is 5. The molecule has 188 valence electrons. The highest BCUT2D eigenvalue weighted by atomic mass is 15.2. The second-order valence-electron chi connectivity index (χ2n) is 8.76. The Hall–Kier alpha value is -5.70. The summed E-state index contributed by atoms with van der Waals surface area (Å²) >= 11 is 0. The second-order valence-corrected chi connectivity index (χ2v) is 8.76. The zero-order valence-corrected chi connectivity index (χ0v) is 20.7. The topological polar surface area (TPSA) is 145 Å². The quantitative estimate of drug-likeness (QED) is 0.177. The van der Waals surface area contributed by atoms with Crippen molar-refractivity contribution in [2.45, 2.75) is 0 Å². The number of H-pyrrole nitrogens is 2. The number of aliphatic imine (C=N–C) groups is 1. The van der Waals surface area contributed by atoms with Gasteiger partial charge in [0, 0.05) is 33.4 Å². The van der Waals surface area contributed by atoms with E-state index in [1.54, 1.807) is 0 Å². The molecule has 2 heterocycles. The lowest BCUT2D eigenvalue weighted by atomic mass is 10.0. The van der Waals surface area contributed by atoms with Crippen LogP contribution in [0, 0.1) is 5.41 Å². The fourth-order valence-electron chi connectivity index (χ4n) is 4.11. The van der Waals surface area contributed by atoms with Gasteiger partial charge in [0.15, 0.2) is 29.1 Å². The third-order valence-electron chi connectivity index (χ3n) is 6.09. The Labute approximate surface area is 224 Å². The van der Waals surface area contributed by atoms with Gasteiger partial charge < -0.3 is 5.73 Å². The van der Waals surface area contributed by atoms with Crippen LogP contribution < -0.4 is 5.73 Å². The fraction of sp³-hybridized carbons (Fsp3) is 0. The molecule has 0 amide bonds. The largest absolute Gasteiger partial charge is 0.383 e. The van der Waals surface area contributed by atoms with Crippen molar-refractivity contribution in [3.8, 4) is 45.6 Å². The number of hydrogen-bond donors (Lipinski definition) is 4. The van der Waals surface area contributed by atoms with Crippen molar-refractivity contribution in [1.29, 1.82) is 5.41 Å². The lowest BCUT2D eigenvalue weighted by Gasteiger charge is -2.07. The van der Waals surface area contributed by atoms with E-state index in [1.807, 2.05) is 109 Å². The SMILES string of the molecule is N=C(N=C(N)c1ccccc1)c1cc(-c2nc(-c3ccccc3)n[nH]2)cc(-c2nc(-c3ccccc3)n[nH]2)c1. The molecule has 0 spiro atoms. The maximum Gasteiger partial charge on any atom is 0.181 e. The average Bonchev–Trinajstić information content (AvgIpc) is 3.70. The summed E-state index contributed by atoms with van der Waals surface area (Å²) in [5.74, 6) is 2.50. The van der Waals surface area contributed by atoms with Crippen molar-refractivity contribution in [1.82, 2.24) is 30.4 Å². The van der Waals surface area contributed by atoms with Crippen LogP contribution in [0.15, 0.2) is 114 Å². The summed E-state index contributed by atoms with van der Waals surface area (Å²) < 4.78 is 0. The van der Waals surface area contributed by atoms with Gasteiger partial charge in [-0.25, -0.2) is 15.0 Å². The van der Waals surface area contributed by atoms with Crippen molar-refractivity contribution in [2.75, 3.05) is 0 Å². The summed E-state index contributed by atoms with van der Waals surface area (Å²) in [5, 5.41) is 23.6. The molecular weight excluding hydrogens is 486 g/mol. The number of benzene rings is 4. The number of nitrogens with one attached hydrogen (secondary N) is 3. The van der Waals surface area contributed by atoms with E-state index in [0.717, 1.165) is 16.7 Å². The molecule has 0 fully saturated rings. The molecule has 39 heavy (non-hydrogen) atoms. The van der Waals surface area contributed by atoms with Crippen LogP contribution in [0.3, 0.4) is 0 Å². The Bertz CT molecular complexity index is 1670. The van der Waals surface area contributed by atoms with E-state index >= 15 is 0 Å². The summed E-state index contributed by atoms with van der Waals surface area (Å²) in [7, 11) is 0. The molecule has 0 unspecified atom stereocenters. The van der Waals surface area contributed by atoms with Gasteiger partial charge in [0.05, 0.1) is 0 Å². The van der Waals surface area contributed by atoms with Crippen molar-refractivity contribution in [3.05, 3.63) is 120 Å². The summed E-state index contributed by atoms with van der Waals surface area (Å²) in [5.41, 5.74) is 10.7. The van der Waals surface area contributed by atoms with Gasteiger partial charge in [-0.3, -0.25) is 15.6 Å². The molecule has 0 aliphatic carbocycles. The van der Waals surface area contributed by atoms with Crippen LogP contribution in [0.5, 0.6) is 0 Å². The molecule has 5 N–H and O–H groups in total. The van der Waals surface area contributed by atoms with Gasteiger partial charge in [-0.15, -0.1) is 0 Å². The normalized spacial score (nSPS) is 11.4. The van der Waals surface area contributed by atoms with Crippen molar-refractivity contribution in [3.63, 3.8) is 0 Å². The van der Waals surface area contributed by atoms with Crippen LogP contribution in [0.4, 0.5) is 0 Å². The predicted molar refractivity (Wildman–Crippen MR) is 152 cm³/mol. The Kier molecular flexibility index (Phi) is 6.28. The van der Waals surface area contributed by atoms with E-state index < -0.39 is 0 Å².